The molecule has 0 amide bonds. The summed E-state index contributed by atoms with van der Waals surface area (Å²) in [6.45, 7) is 2.16. The molecule has 6 nitrogen and oxygen atoms in total. The van der Waals surface area contributed by atoms with E-state index in [0.29, 0.717) is 23.4 Å². The highest BCUT2D eigenvalue weighted by atomic mass is 31.2. The van der Waals surface area contributed by atoms with Gasteiger partial charge in [-0.25, -0.2) is 0 Å². The van der Waals surface area contributed by atoms with Gasteiger partial charge in [-0.3, -0.25) is 4.57 Å². The summed E-state index contributed by atoms with van der Waals surface area (Å²) in [6, 6.07) is 22.8. The van der Waals surface area contributed by atoms with E-state index in [2.05, 4.69) is 5.32 Å². The van der Waals surface area contributed by atoms with Crippen molar-refractivity contribution in [2.75, 3.05) is 45.1 Å². The topological polar surface area (TPSA) is 60.0 Å². The van der Waals surface area contributed by atoms with Gasteiger partial charge in [0.1, 0.15) is 17.3 Å². The van der Waals surface area contributed by atoms with E-state index in [1.54, 1.807) is 20.3 Å². The van der Waals surface area contributed by atoms with E-state index in [1.165, 1.54) is 0 Å². The standard InChI is InChI=1S/C25H31N2O4P/c1-6-31-32(28,22-15-12-20(13-16-22)27(2)3)25(26-19-10-8-7-9-11-19)23-17-14-21(29-4)18-24(23)30-5/h7-18,25-26H,6H2,1-5H3. The minimum absolute atomic E-state index is 0.304. The van der Waals surface area contributed by atoms with E-state index in [-0.39, 0.29) is 0 Å². The Labute approximate surface area is 190 Å². The third-order valence-corrected chi connectivity index (χ3v) is 7.95. The van der Waals surface area contributed by atoms with Crippen LogP contribution in [0.5, 0.6) is 11.5 Å². The van der Waals surface area contributed by atoms with E-state index in [0.717, 1.165) is 16.9 Å². The molecule has 7 heteroatoms. The summed E-state index contributed by atoms with van der Waals surface area (Å²) in [5.41, 5.74) is 2.58. The second kappa shape index (κ2) is 10.6. The zero-order valence-electron chi connectivity index (χ0n) is 19.2. The molecule has 1 N–H and O–H groups in total. The number of rotatable bonds is 10. The average Bonchev–Trinajstić information content (AvgIpc) is 2.83. The first-order chi connectivity index (χ1) is 15.4. The molecule has 0 radical (unpaired) electrons. The van der Waals surface area contributed by atoms with Crippen molar-refractivity contribution in [3.05, 3.63) is 78.4 Å². The Morgan fingerprint density at radius 3 is 2.19 bits per heavy atom. The van der Waals surface area contributed by atoms with Crippen LogP contribution in [0.4, 0.5) is 11.4 Å². The summed E-state index contributed by atoms with van der Waals surface area (Å²) in [5.74, 6) is 0.559. The van der Waals surface area contributed by atoms with E-state index >= 15 is 0 Å². The van der Waals surface area contributed by atoms with Crippen LogP contribution >= 0.6 is 7.37 Å². The number of nitrogens with one attached hydrogen (secondary N) is 1. The van der Waals surface area contributed by atoms with Gasteiger partial charge in [0.25, 0.3) is 7.37 Å². The van der Waals surface area contributed by atoms with Gasteiger partial charge in [0.05, 0.1) is 20.8 Å². The van der Waals surface area contributed by atoms with E-state index < -0.39 is 13.2 Å². The third kappa shape index (κ3) is 5.09. The van der Waals surface area contributed by atoms with Crippen molar-refractivity contribution in [1.82, 2.24) is 0 Å². The van der Waals surface area contributed by atoms with E-state index in [1.807, 2.05) is 92.6 Å². The van der Waals surface area contributed by atoms with E-state index in [9.17, 15) is 4.57 Å². The van der Waals surface area contributed by atoms with Crippen molar-refractivity contribution in [3.8, 4) is 11.5 Å². The van der Waals surface area contributed by atoms with Crippen molar-refractivity contribution in [2.24, 2.45) is 0 Å². The molecular weight excluding hydrogens is 423 g/mol. The molecule has 3 aromatic carbocycles. The molecule has 0 aliphatic carbocycles. The second-order valence-electron chi connectivity index (χ2n) is 7.45. The summed E-state index contributed by atoms with van der Waals surface area (Å²) in [4.78, 5) is 2.00. The largest absolute Gasteiger partial charge is 0.497 e. The molecule has 0 aliphatic heterocycles. The minimum Gasteiger partial charge on any atom is -0.497 e. The number of methoxy groups -OCH3 is 2. The number of benzene rings is 3. The molecule has 0 aliphatic rings. The van der Waals surface area contributed by atoms with Crippen LogP contribution in [0.25, 0.3) is 0 Å². The van der Waals surface area contributed by atoms with Crippen LogP contribution < -0.4 is 25.0 Å². The number of hydrogen-bond donors (Lipinski definition) is 1. The van der Waals surface area contributed by atoms with Crippen molar-refractivity contribution < 1.29 is 18.6 Å². The summed E-state index contributed by atoms with van der Waals surface area (Å²) < 4.78 is 31.7. The highest BCUT2D eigenvalue weighted by Gasteiger charge is 2.39. The lowest BCUT2D eigenvalue weighted by Crippen LogP contribution is -2.21. The lowest BCUT2D eigenvalue weighted by Gasteiger charge is -2.31. The zero-order valence-corrected chi connectivity index (χ0v) is 20.1. The molecule has 2 unspecified atom stereocenters. The summed E-state index contributed by atoms with van der Waals surface area (Å²) in [5, 5.41) is 4.08. The fourth-order valence-corrected chi connectivity index (χ4v) is 5.97. The first-order valence-corrected chi connectivity index (χ1v) is 12.2. The van der Waals surface area contributed by atoms with Gasteiger partial charge < -0.3 is 24.2 Å². The van der Waals surface area contributed by atoms with Crippen molar-refractivity contribution >= 4 is 24.0 Å². The molecular formula is C25H31N2O4P. The summed E-state index contributed by atoms with van der Waals surface area (Å²) >= 11 is 0. The lowest BCUT2D eigenvalue weighted by molar-refractivity contribution is 0.334. The molecule has 0 aromatic heterocycles. The zero-order chi connectivity index (χ0) is 23.1. The maximum Gasteiger partial charge on any atom is 0.258 e. The highest BCUT2D eigenvalue weighted by Crippen LogP contribution is 2.60. The summed E-state index contributed by atoms with van der Waals surface area (Å²) in [6.07, 6.45) is 0. The van der Waals surface area contributed by atoms with Gasteiger partial charge in [-0.15, -0.1) is 0 Å². The minimum atomic E-state index is -3.43. The molecule has 3 rings (SSSR count). The predicted octanol–water partition coefficient (Wildman–Crippen LogP) is 5.52. The number of para-hydroxylation sites is 1. The lowest BCUT2D eigenvalue weighted by atomic mass is 10.1. The average molecular weight is 455 g/mol. The van der Waals surface area contributed by atoms with Gasteiger partial charge in [-0.05, 0) is 55.5 Å². The van der Waals surface area contributed by atoms with Crippen LogP contribution in [0.2, 0.25) is 0 Å². The van der Waals surface area contributed by atoms with Gasteiger partial charge in [-0.2, -0.15) is 0 Å². The Morgan fingerprint density at radius 1 is 0.938 bits per heavy atom. The maximum absolute atomic E-state index is 14.6. The van der Waals surface area contributed by atoms with Gasteiger partial charge in [0, 0.05) is 42.4 Å². The Bertz CT molecular complexity index is 1060. The van der Waals surface area contributed by atoms with Crippen molar-refractivity contribution in [3.63, 3.8) is 0 Å². The van der Waals surface area contributed by atoms with Gasteiger partial charge in [0.2, 0.25) is 0 Å². The molecule has 0 bridgehead atoms. The summed E-state index contributed by atoms with van der Waals surface area (Å²) in [7, 11) is 3.70. The van der Waals surface area contributed by atoms with Crippen molar-refractivity contribution in [1.29, 1.82) is 0 Å². The fraction of sp³-hybridized carbons (Fsp3) is 0.280. The smallest absolute Gasteiger partial charge is 0.258 e. The molecule has 0 spiro atoms. The number of ether oxygens (including phenoxy) is 2. The third-order valence-electron chi connectivity index (χ3n) is 5.20. The monoisotopic (exact) mass is 454 g/mol. The van der Waals surface area contributed by atoms with Crippen LogP contribution in [-0.2, 0) is 9.09 Å². The molecule has 32 heavy (non-hydrogen) atoms. The Hall–Kier alpha value is -2.95. The quantitative estimate of drug-likeness (QED) is 0.407. The molecule has 0 saturated heterocycles. The van der Waals surface area contributed by atoms with Crippen LogP contribution in [0.1, 0.15) is 18.3 Å². The number of hydrogen-bond acceptors (Lipinski definition) is 6. The first kappa shape index (κ1) is 23.7. The van der Waals surface area contributed by atoms with Gasteiger partial charge >= 0.3 is 0 Å². The van der Waals surface area contributed by atoms with Gasteiger partial charge in [-0.1, -0.05) is 18.2 Å². The Morgan fingerprint density at radius 2 is 1.62 bits per heavy atom. The predicted molar refractivity (Wildman–Crippen MR) is 132 cm³/mol. The van der Waals surface area contributed by atoms with Crippen LogP contribution in [0.3, 0.4) is 0 Å². The van der Waals surface area contributed by atoms with Crippen LogP contribution in [0, 0.1) is 0 Å². The van der Waals surface area contributed by atoms with Crippen LogP contribution in [-0.4, -0.2) is 34.9 Å². The molecule has 170 valence electrons. The first-order valence-electron chi connectivity index (χ1n) is 10.5. The normalized spacial score (nSPS) is 13.7. The second-order valence-corrected chi connectivity index (χ2v) is 9.93. The molecule has 2 atom stereocenters. The van der Waals surface area contributed by atoms with Crippen molar-refractivity contribution in [2.45, 2.75) is 12.7 Å². The maximum atomic E-state index is 14.6. The SMILES string of the molecule is CCOP(=O)(c1ccc(N(C)C)cc1)C(Nc1ccccc1)c1ccc(OC)cc1OC. The number of anilines is 2. The molecule has 0 heterocycles. The highest BCUT2D eigenvalue weighted by molar-refractivity contribution is 7.67. The Kier molecular flexibility index (Phi) is 7.84. The van der Waals surface area contributed by atoms with Gasteiger partial charge in [0.15, 0.2) is 0 Å². The molecule has 3 aromatic rings. The fourth-order valence-electron chi connectivity index (χ4n) is 3.53. The Balaban J connectivity index is 2.18. The molecule has 0 saturated carbocycles. The number of nitrogens with zero attached hydrogens (tertiary/aromatic N) is 1. The molecule has 0 fully saturated rings. The van der Waals surface area contributed by atoms with E-state index in [4.69, 9.17) is 14.0 Å². The van der Waals surface area contributed by atoms with Crippen LogP contribution in [0.15, 0.2) is 72.8 Å².